The summed E-state index contributed by atoms with van der Waals surface area (Å²) in [6.07, 6.45) is 6.10. The summed E-state index contributed by atoms with van der Waals surface area (Å²) in [5, 5.41) is 13.9. The second kappa shape index (κ2) is 6.36. The number of aliphatic carboxylic acids is 1. The van der Waals surface area contributed by atoms with Gasteiger partial charge in [-0.25, -0.2) is 9.67 Å². The van der Waals surface area contributed by atoms with Crippen molar-refractivity contribution in [2.45, 2.75) is 76.9 Å². The Morgan fingerprint density at radius 1 is 1.27 bits per heavy atom. The molecule has 0 bridgehead atoms. The van der Waals surface area contributed by atoms with Gasteiger partial charge in [0.25, 0.3) is 0 Å². The summed E-state index contributed by atoms with van der Waals surface area (Å²) in [4.78, 5) is 18.5. The smallest absolute Gasteiger partial charge is 0.314 e. The largest absolute Gasteiger partial charge is 0.481 e. The van der Waals surface area contributed by atoms with Crippen LogP contribution in [0.3, 0.4) is 0 Å². The molecule has 6 heteroatoms. The van der Waals surface area contributed by atoms with Crippen LogP contribution in [0, 0.1) is 0 Å². The fourth-order valence-electron chi connectivity index (χ4n) is 3.85. The molecule has 3 heterocycles. The van der Waals surface area contributed by atoms with Gasteiger partial charge in [-0.2, -0.15) is 5.10 Å². The van der Waals surface area contributed by atoms with E-state index in [-0.39, 0.29) is 0 Å². The van der Waals surface area contributed by atoms with Crippen molar-refractivity contribution in [3.63, 3.8) is 0 Å². The molecule has 0 saturated carbocycles. The highest BCUT2D eigenvalue weighted by Crippen LogP contribution is 2.27. The number of carboxylic acids is 1. The summed E-state index contributed by atoms with van der Waals surface area (Å²) < 4.78 is 1.82. The molecule has 1 saturated heterocycles. The van der Waals surface area contributed by atoms with Crippen LogP contribution in [-0.4, -0.2) is 49.4 Å². The van der Waals surface area contributed by atoms with Crippen molar-refractivity contribution < 1.29 is 9.90 Å². The zero-order chi connectivity index (χ0) is 15.7. The Balaban J connectivity index is 1.77. The first kappa shape index (κ1) is 15.5. The lowest BCUT2D eigenvalue weighted by molar-refractivity contribution is -0.139. The molecule has 3 rings (SSSR count). The molecule has 2 atom stereocenters. The number of rotatable bonds is 4. The van der Waals surface area contributed by atoms with Gasteiger partial charge >= 0.3 is 5.97 Å². The maximum atomic E-state index is 11.4. The van der Waals surface area contributed by atoms with Gasteiger partial charge in [0, 0.05) is 25.0 Å². The van der Waals surface area contributed by atoms with Crippen LogP contribution < -0.4 is 0 Å². The predicted molar refractivity (Wildman–Crippen MR) is 82.8 cm³/mol. The van der Waals surface area contributed by atoms with Crippen molar-refractivity contribution >= 4 is 5.97 Å². The van der Waals surface area contributed by atoms with Crippen LogP contribution in [-0.2, 0) is 17.8 Å². The Labute approximate surface area is 131 Å². The van der Waals surface area contributed by atoms with Crippen LogP contribution in [0.1, 0.15) is 63.5 Å². The molecule has 0 amide bonds. The van der Waals surface area contributed by atoms with Gasteiger partial charge < -0.3 is 5.11 Å². The molecule has 0 spiro atoms. The summed E-state index contributed by atoms with van der Waals surface area (Å²) >= 11 is 0. The zero-order valence-electron chi connectivity index (χ0n) is 13.5. The van der Waals surface area contributed by atoms with Crippen molar-refractivity contribution in [3.8, 4) is 0 Å². The second-order valence-electron chi connectivity index (χ2n) is 6.83. The third kappa shape index (κ3) is 3.02. The minimum atomic E-state index is -0.777. The van der Waals surface area contributed by atoms with Crippen LogP contribution >= 0.6 is 0 Å². The van der Waals surface area contributed by atoms with Crippen molar-refractivity contribution in [1.29, 1.82) is 0 Å². The molecule has 2 aliphatic heterocycles. The number of hydrogen-bond donors (Lipinski definition) is 1. The molecule has 2 unspecified atom stereocenters. The maximum absolute atomic E-state index is 11.4. The Kier molecular flexibility index (Phi) is 4.47. The first-order chi connectivity index (χ1) is 10.6. The van der Waals surface area contributed by atoms with E-state index in [2.05, 4.69) is 28.8 Å². The summed E-state index contributed by atoms with van der Waals surface area (Å²) in [6.45, 7) is 6.42. The van der Waals surface area contributed by atoms with E-state index in [1.807, 2.05) is 4.68 Å². The molecule has 6 nitrogen and oxygen atoms in total. The summed E-state index contributed by atoms with van der Waals surface area (Å²) in [6, 6.07) is 1.02. The average molecular weight is 306 g/mol. The summed E-state index contributed by atoms with van der Waals surface area (Å²) in [7, 11) is 0. The number of carboxylic acid groups (broad SMARTS) is 1. The highest BCUT2D eigenvalue weighted by Gasteiger charge is 2.31. The summed E-state index contributed by atoms with van der Waals surface area (Å²) in [5.41, 5.74) is 0. The van der Waals surface area contributed by atoms with E-state index < -0.39 is 11.9 Å². The minimum absolute atomic E-state index is 0.484. The lowest BCUT2D eigenvalue weighted by atomic mass is 9.97. The molecular weight excluding hydrogens is 280 g/mol. The van der Waals surface area contributed by atoms with E-state index in [0.717, 1.165) is 31.8 Å². The van der Waals surface area contributed by atoms with Crippen LogP contribution in [0.25, 0.3) is 0 Å². The van der Waals surface area contributed by atoms with Crippen LogP contribution in [0.15, 0.2) is 0 Å². The van der Waals surface area contributed by atoms with Gasteiger partial charge in [0.15, 0.2) is 5.82 Å². The quantitative estimate of drug-likeness (QED) is 0.922. The van der Waals surface area contributed by atoms with Crippen LogP contribution in [0.2, 0.25) is 0 Å². The van der Waals surface area contributed by atoms with E-state index in [0.29, 0.717) is 24.3 Å². The number of aryl methyl sites for hydroxylation is 1. The van der Waals surface area contributed by atoms with E-state index in [9.17, 15) is 9.90 Å². The van der Waals surface area contributed by atoms with E-state index in [1.165, 1.54) is 19.3 Å². The van der Waals surface area contributed by atoms with Gasteiger partial charge in [-0.3, -0.25) is 9.69 Å². The lowest BCUT2D eigenvalue weighted by Crippen LogP contribution is -2.45. The van der Waals surface area contributed by atoms with Crippen molar-refractivity contribution in [2.75, 3.05) is 6.54 Å². The zero-order valence-corrected chi connectivity index (χ0v) is 13.5. The SMILES string of the molecule is CC(C)N1CCCCC1Cc1nc2n(n1)CCCC2C(=O)O. The Bertz CT molecular complexity index is 540. The van der Waals surface area contributed by atoms with Gasteiger partial charge in [0.1, 0.15) is 11.7 Å². The van der Waals surface area contributed by atoms with Crippen LogP contribution in [0.5, 0.6) is 0 Å². The molecular formula is C16H26N4O2. The minimum Gasteiger partial charge on any atom is -0.481 e. The Hall–Kier alpha value is -1.43. The standard InChI is InChI=1S/C16H26N4O2/c1-11(2)19-8-4-3-6-12(19)10-14-17-15-13(16(21)22)7-5-9-20(15)18-14/h11-13H,3-10H2,1-2H3,(H,21,22). The molecule has 2 aliphatic rings. The molecule has 22 heavy (non-hydrogen) atoms. The number of likely N-dealkylation sites (tertiary alicyclic amines) is 1. The number of carbonyl (C=O) groups is 1. The Morgan fingerprint density at radius 3 is 2.82 bits per heavy atom. The molecule has 122 valence electrons. The van der Waals surface area contributed by atoms with Gasteiger partial charge in [-0.05, 0) is 46.1 Å². The number of piperidine rings is 1. The number of hydrogen-bond acceptors (Lipinski definition) is 4. The van der Waals surface area contributed by atoms with Crippen molar-refractivity contribution in [1.82, 2.24) is 19.7 Å². The van der Waals surface area contributed by atoms with Crippen molar-refractivity contribution in [3.05, 3.63) is 11.6 Å². The lowest BCUT2D eigenvalue weighted by Gasteiger charge is -2.38. The third-order valence-electron chi connectivity index (χ3n) is 4.97. The van der Waals surface area contributed by atoms with Gasteiger partial charge in [-0.1, -0.05) is 6.42 Å². The number of nitrogens with zero attached hydrogens (tertiary/aromatic N) is 4. The molecule has 0 radical (unpaired) electrons. The van der Waals surface area contributed by atoms with E-state index in [4.69, 9.17) is 0 Å². The number of fused-ring (bicyclic) bond motifs is 1. The predicted octanol–water partition coefficient (Wildman–Crippen LogP) is 2.05. The fraction of sp³-hybridized carbons (Fsp3) is 0.812. The summed E-state index contributed by atoms with van der Waals surface area (Å²) in [5.74, 6) is 0.213. The molecule has 1 fully saturated rings. The van der Waals surface area contributed by atoms with Crippen LogP contribution in [0.4, 0.5) is 0 Å². The monoisotopic (exact) mass is 306 g/mol. The molecule has 1 N–H and O–H groups in total. The van der Waals surface area contributed by atoms with E-state index >= 15 is 0 Å². The normalized spacial score (nSPS) is 26.1. The number of aromatic nitrogens is 3. The molecule has 1 aromatic heterocycles. The molecule has 0 aromatic carbocycles. The highest BCUT2D eigenvalue weighted by molar-refractivity contribution is 5.75. The average Bonchev–Trinajstić information content (AvgIpc) is 2.89. The van der Waals surface area contributed by atoms with Gasteiger partial charge in [0.2, 0.25) is 0 Å². The highest BCUT2D eigenvalue weighted by atomic mass is 16.4. The Morgan fingerprint density at radius 2 is 2.09 bits per heavy atom. The topological polar surface area (TPSA) is 71.2 Å². The first-order valence-electron chi connectivity index (χ1n) is 8.48. The second-order valence-corrected chi connectivity index (χ2v) is 6.83. The first-order valence-corrected chi connectivity index (χ1v) is 8.48. The molecule has 0 aliphatic carbocycles. The van der Waals surface area contributed by atoms with Gasteiger partial charge in [-0.15, -0.1) is 0 Å². The fourth-order valence-corrected chi connectivity index (χ4v) is 3.85. The van der Waals surface area contributed by atoms with Crippen molar-refractivity contribution in [2.24, 2.45) is 0 Å². The van der Waals surface area contributed by atoms with Gasteiger partial charge in [0.05, 0.1) is 0 Å². The maximum Gasteiger partial charge on any atom is 0.314 e. The van der Waals surface area contributed by atoms with E-state index in [1.54, 1.807) is 0 Å². The molecule has 1 aromatic rings. The third-order valence-corrected chi connectivity index (χ3v) is 4.97.